The Morgan fingerprint density at radius 2 is 1.78 bits per heavy atom. The Balaban J connectivity index is 2.34. The smallest absolute Gasteiger partial charge is 0.259 e. The van der Waals surface area contributed by atoms with E-state index in [9.17, 15) is 9.90 Å². The number of aromatic nitrogens is 2. The first-order valence-corrected chi connectivity index (χ1v) is 6.13. The first kappa shape index (κ1) is 12.6. The minimum atomic E-state index is -0.351. The molecule has 1 aromatic heterocycles. The lowest BCUT2D eigenvalue weighted by molar-refractivity contribution is 0.443. The van der Waals surface area contributed by atoms with Crippen LogP contribution >= 0.6 is 12.2 Å². The van der Waals surface area contributed by atoms with E-state index in [4.69, 9.17) is 12.2 Å². The van der Waals surface area contributed by atoms with Crippen LogP contribution in [0.2, 0.25) is 0 Å². The van der Waals surface area contributed by atoms with Gasteiger partial charge in [0.25, 0.3) is 5.56 Å². The monoisotopic (exact) mass is 262 g/mol. The molecule has 2 aromatic rings. The number of hydrogen-bond acceptors (Lipinski definition) is 3. The Labute approximate surface area is 109 Å². The van der Waals surface area contributed by atoms with Crippen molar-refractivity contribution in [2.75, 3.05) is 0 Å². The number of benzene rings is 1. The van der Waals surface area contributed by atoms with Gasteiger partial charge in [-0.25, -0.2) is 0 Å². The molecule has 0 fully saturated rings. The van der Waals surface area contributed by atoms with Crippen LogP contribution < -0.4 is 5.56 Å². The molecule has 0 saturated carbocycles. The van der Waals surface area contributed by atoms with Crippen molar-refractivity contribution >= 4 is 12.2 Å². The maximum absolute atomic E-state index is 11.7. The molecule has 0 aliphatic carbocycles. The number of aromatic amines is 2. The summed E-state index contributed by atoms with van der Waals surface area (Å²) in [4.78, 5) is 16.7. The van der Waals surface area contributed by atoms with Gasteiger partial charge in [-0.05, 0) is 29.8 Å². The molecule has 18 heavy (non-hydrogen) atoms. The molecule has 0 saturated heterocycles. The van der Waals surface area contributed by atoms with Crippen LogP contribution in [-0.2, 0) is 12.8 Å². The Morgan fingerprint density at radius 1 is 1.17 bits per heavy atom. The molecule has 0 radical (unpaired) electrons. The van der Waals surface area contributed by atoms with Crippen LogP contribution in [0.4, 0.5) is 0 Å². The highest BCUT2D eigenvalue weighted by Gasteiger charge is 2.08. The molecule has 0 spiro atoms. The van der Waals surface area contributed by atoms with Crippen molar-refractivity contribution in [3.63, 3.8) is 0 Å². The summed E-state index contributed by atoms with van der Waals surface area (Å²) in [5.41, 5.74) is 2.16. The summed E-state index contributed by atoms with van der Waals surface area (Å²) in [5, 5.41) is 9.69. The first-order valence-electron chi connectivity index (χ1n) is 5.72. The minimum absolute atomic E-state index is 0.127. The molecule has 0 amide bonds. The normalized spacial score (nSPS) is 10.5. The second kappa shape index (κ2) is 5.18. The third kappa shape index (κ3) is 2.68. The van der Waals surface area contributed by atoms with E-state index >= 15 is 0 Å². The third-order valence-electron chi connectivity index (χ3n) is 2.83. The van der Waals surface area contributed by atoms with Gasteiger partial charge in [-0.2, -0.15) is 0 Å². The quantitative estimate of drug-likeness (QED) is 0.743. The summed E-state index contributed by atoms with van der Waals surface area (Å²) in [6.07, 6.45) is 1.35. The molecule has 1 heterocycles. The molecular weight excluding hydrogens is 248 g/mol. The number of aromatic hydroxyl groups is 1. The van der Waals surface area contributed by atoms with Crippen molar-refractivity contribution in [2.45, 2.75) is 19.8 Å². The Kier molecular flexibility index (Phi) is 3.62. The molecule has 2 rings (SSSR count). The van der Waals surface area contributed by atoms with Gasteiger partial charge in [0.05, 0.1) is 5.56 Å². The van der Waals surface area contributed by atoms with Crippen molar-refractivity contribution in [1.29, 1.82) is 0 Å². The summed E-state index contributed by atoms with van der Waals surface area (Å²) in [5.74, 6) is -0.164. The highest BCUT2D eigenvalue weighted by molar-refractivity contribution is 7.71. The van der Waals surface area contributed by atoms with Gasteiger partial charge in [0.1, 0.15) is 0 Å². The third-order valence-corrected chi connectivity index (χ3v) is 3.04. The van der Waals surface area contributed by atoms with Gasteiger partial charge < -0.3 is 10.1 Å². The average molecular weight is 262 g/mol. The average Bonchev–Trinajstić information content (AvgIpc) is 2.34. The molecular formula is C13H14N2O2S. The SMILES string of the molecule is CCc1ccc(Cc2c(O)[nH]c(=S)[nH]c2=O)cc1. The van der Waals surface area contributed by atoms with Gasteiger partial charge >= 0.3 is 0 Å². The van der Waals surface area contributed by atoms with Crippen LogP contribution in [0.1, 0.15) is 23.6 Å². The summed E-state index contributed by atoms with van der Waals surface area (Å²) in [7, 11) is 0. The van der Waals surface area contributed by atoms with E-state index in [1.54, 1.807) is 0 Å². The van der Waals surface area contributed by atoms with E-state index in [1.807, 2.05) is 24.3 Å². The molecule has 0 aliphatic heterocycles. The molecule has 3 N–H and O–H groups in total. The van der Waals surface area contributed by atoms with E-state index < -0.39 is 0 Å². The molecule has 5 heteroatoms. The van der Waals surface area contributed by atoms with Crippen LogP contribution in [0, 0.1) is 4.77 Å². The lowest BCUT2D eigenvalue weighted by Gasteiger charge is -2.04. The van der Waals surface area contributed by atoms with Crippen LogP contribution in [-0.4, -0.2) is 15.1 Å². The Morgan fingerprint density at radius 3 is 2.33 bits per heavy atom. The minimum Gasteiger partial charge on any atom is -0.494 e. The predicted molar refractivity (Wildman–Crippen MR) is 72.5 cm³/mol. The molecule has 94 valence electrons. The van der Waals surface area contributed by atoms with Gasteiger partial charge in [0.2, 0.25) is 0 Å². The van der Waals surface area contributed by atoms with Crippen LogP contribution in [0.3, 0.4) is 0 Å². The molecule has 0 aliphatic rings. The Bertz CT molecular complexity index is 656. The number of aryl methyl sites for hydroxylation is 1. The lowest BCUT2D eigenvalue weighted by Crippen LogP contribution is -2.14. The number of nitrogens with one attached hydrogen (secondary N) is 2. The largest absolute Gasteiger partial charge is 0.494 e. The first-order chi connectivity index (χ1) is 8.60. The number of H-pyrrole nitrogens is 2. The van der Waals surface area contributed by atoms with Crippen LogP contribution in [0.25, 0.3) is 0 Å². The molecule has 0 bridgehead atoms. The van der Waals surface area contributed by atoms with Crippen molar-refractivity contribution in [3.05, 3.63) is 56.1 Å². The zero-order valence-electron chi connectivity index (χ0n) is 9.99. The molecule has 0 atom stereocenters. The second-order valence-corrected chi connectivity index (χ2v) is 4.49. The van der Waals surface area contributed by atoms with Gasteiger partial charge in [0.15, 0.2) is 10.7 Å². The fourth-order valence-corrected chi connectivity index (χ4v) is 1.95. The maximum atomic E-state index is 11.7. The van der Waals surface area contributed by atoms with Gasteiger partial charge in [0, 0.05) is 6.42 Å². The standard InChI is InChI=1S/C13H14N2O2S/c1-2-8-3-5-9(6-4-8)7-10-11(16)14-13(18)15-12(10)17/h3-6H,2,7H2,1H3,(H3,14,15,16,17,18). The number of rotatable bonds is 3. The number of hydrogen-bond donors (Lipinski definition) is 3. The summed E-state index contributed by atoms with van der Waals surface area (Å²) >= 11 is 4.77. The van der Waals surface area contributed by atoms with Gasteiger partial charge in [-0.3, -0.25) is 9.78 Å². The summed E-state index contributed by atoms with van der Waals surface area (Å²) in [6, 6.07) is 7.95. The van der Waals surface area contributed by atoms with Crippen LogP contribution in [0.5, 0.6) is 5.88 Å². The van der Waals surface area contributed by atoms with E-state index in [2.05, 4.69) is 16.9 Å². The zero-order chi connectivity index (χ0) is 13.1. The van der Waals surface area contributed by atoms with E-state index in [-0.39, 0.29) is 16.2 Å². The highest BCUT2D eigenvalue weighted by atomic mass is 32.1. The van der Waals surface area contributed by atoms with E-state index in [1.165, 1.54) is 5.56 Å². The van der Waals surface area contributed by atoms with Crippen LogP contribution in [0.15, 0.2) is 29.1 Å². The fourth-order valence-electron chi connectivity index (χ4n) is 1.76. The zero-order valence-corrected chi connectivity index (χ0v) is 10.8. The molecule has 4 nitrogen and oxygen atoms in total. The summed E-state index contributed by atoms with van der Waals surface area (Å²) in [6.45, 7) is 2.09. The van der Waals surface area contributed by atoms with Crippen molar-refractivity contribution < 1.29 is 5.11 Å². The lowest BCUT2D eigenvalue weighted by atomic mass is 10.0. The molecule has 1 aromatic carbocycles. The maximum Gasteiger partial charge on any atom is 0.259 e. The van der Waals surface area contributed by atoms with Gasteiger partial charge in [-0.15, -0.1) is 0 Å². The fraction of sp³-hybridized carbons (Fsp3) is 0.231. The second-order valence-electron chi connectivity index (χ2n) is 4.08. The van der Waals surface area contributed by atoms with Crippen molar-refractivity contribution in [2.24, 2.45) is 0 Å². The van der Waals surface area contributed by atoms with E-state index in [0.29, 0.717) is 12.0 Å². The van der Waals surface area contributed by atoms with Crippen molar-refractivity contribution in [3.8, 4) is 5.88 Å². The van der Waals surface area contributed by atoms with Crippen molar-refractivity contribution in [1.82, 2.24) is 9.97 Å². The predicted octanol–water partition coefficient (Wildman–Crippen LogP) is 2.29. The highest BCUT2D eigenvalue weighted by Crippen LogP contribution is 2.14. The Hall–Kier alpha value is -1.88. The summed E-state index contributed by atoms with van der Waals surface area (Å²) < 4.78 is 0.127. The van der Waals surface area contributed by atoms with E-state index in [0.717, 1.165) is 12.0 Å². The topological polar surface area (TPSA) is 68.9 Å². The molecule has 0 unspecified atom stereocenters. The van der Waals surface area contributed by atoms with Gasteiger partial charge in [-0.1, -0.05) is 31.2 Å².